The molecule has 0 saturated heterocycles. The van der Waals surface area contributed by atoms with Crippen LogP contribution in [0.1, 0.15) is 82.1 Å². The molecule has 0 unspecified atom stereocenters. The summed E-state index contributed by atoms with van der Waals surface area (Å²) in [5, 5.41) is 17.8. The van der Waals surface area contributed by atoms with Gasteiger partial charge in [-0.05, 0) is 116 Å². The Balaban J connectivity index is 0.988. The number of nitrogens with two attached hydrogens (primary N) is 1. The van der Waals surface area contributed by atoms with Gasteiger partial charge in [0, 0.05) is 42.7 Å². The summed E-state index contributed by atoms with van der Waals surface area (Å²) in [5.41, 5.74) is 12.9. The molecule has 2 heterocycles. The van der Waals surface area contributed by atoms with Gasteiger partial charge < -0.3 is 34.7 Å². The third-order valence-corrected chi connectivity index (χ3v) is 16.9. The van der Waals surface area contributed by atoms with Gasteiger partial charge in [-0.15, -0.1) is 0 Å². The van der Waals surface area contributed by atoms with Gasteiger partial charge in [-0.25, -0.2) is 9.59 Å². The van der Waals surface area contributed by atoms with Crippen LogP contribution in [-0.4, -0.2) is 47.8 Å². The number of benzene rings is 4. The first-order valence-corrected chi connectivity index (χ1v) is 24.3. The van der Waals surface area contributed by atoms with Crippen LogP contribution >= 0.6 is 0 Å². The van der Waals surface area contributed by atoms with E-state index in [0.29, 0.717) is 36.4 Å². The molecule has 1 fully saturated rings. The van der Waals surface area contributed by atoms with Crippen molar-refractivity contribution >= 4 is 42.1 Å². The monoisotopic (exact) mass is 845 g/mol. The van der Waals surface area contributed by atoms with Crippen molar-refractivity contribution in [3.05, 3.63) is 129 Å². The number of hydrogen-bond donors (Lipinski definition) is 5. The van der Waals surface area contributed by atoms with E-state index in [-0.39, 0.29) is 34.6 Å². The molecule has 12 nitrogen and oxygen atoms in total. The number of carbonyl (C=O) groups is 1. The number of aromatic amines is 1. The molecule has 6 N–H and O–H groups in total. The maximum absolute atomic E-state index is 13.1. The quantitative estimate of drug-likeness (QED) is 0.0498. The average Bonchev–Trinajstić information content (AvgIpc) is 3.53. The summed E-state index contributed by atoms with van der Waals surface area (Å²) in [6, 6.07) is 28.8. The minimum Gasteiger partial charge on any atom is -0.506 e. The molecule has 7 rings (SSSR count). The summed E-state index contributed by atoms with van der Waals surface area (Å²) >= 11 is 0. The highest BCUT2D eigenvalue weighted by atomic mass is 28.4. The minimum atomic E-state index is -2.25. The van der Waals surface area contributed by atoms with Crippen molar-refractivity contribution in [2.75, 3.05) is 11.9 Å². The number of phenolic OH excluding ortho intramolecular Hbond substituents is 1. The normalized spacial score (nSPS) is 16.5. The van der Waals surface area contributed by atoms with Crippen molar-refractivity contribution in [2.24, 2.45) is 5.73 Å². The number of carbonyl (C=O) groups excluding carboxylic acids is 1. The van der Waals surface area contributed by atoms with Gasteiger partial charge in [0.25, 0.3) is 0 Å². The number of rotatable bonds is 15. The number of hydrogen-bond acceptors (Lipinski definition) is 9. The first-order chi connectivity index (χ1) is 29.1. The van der Waals surface area contributed by atoms with E-state index in [4.69, 9.17) is 19.3 Å². The zero-order valence-corrected chi connectivity index (χ0v) is 36.9. The molecule has 6 aromatic rings. The van der Waals surface area contributed by atoms with Crippen molar-refractivity contribution in [3.8, 4) is 16.9 Å². The highest BCUT2D eigenvalue weighted by molar-refractivity contribution is 6.74. The Morgan fingerprint density at radius 3 is 2.46 bits per heavy atom. The Kier molecular flexibility index (Phi) is 13.3. The fourth-order valence-corrected chi connectivity index (χ4v) is 9.16. The summed E-state index contributed by atoms with van der Waals surface area (Å²) in [6.45, 7) is 12.5. The van der Waals surface area contributed by atoms with Crippen molar-refractivity contribution in [1.82, 2.24) is 14.9 Å². The molecule has 1 aliphatic rings. The predicted octanol–water partition coefficient (Wildman–Crippen LogP) is 9.50. The molecule has 13 heteroatoms. The maximum atomic E-state index is 13.1. The molecule has 0 bridgehead atoms. The lowest BCUT2D eigenvalue weighted by molar-refractivity contribution is 0.0826. The van der Waals surface area contributed by atoms with Gasteiger partial charge in [-0.2, -0.15) is 0 Å². The van der Waals surface area contributed by atoms with Crippen LogP contribution in [0.5, 0.6) is 5.75 Å². The fourth-order valence-electron chi connectivity index (χ4n) is 7.88. The Hall–Kier alpha value is -5.47. The number of phenols is 1. The van der Waals surface area contributed by atoms with Crippen molar-refractivity contribution < 1.29 is 23.5 Å². The SMILES string of the molecule is CC(C)(C)[Si](C)(C)O[C@H](CNCc1ccc2c(c1)oc(=O)n2CCCCc1ccc(-c2ccccc2)c(NC(=O)OC2CCC(N)CC2)c1)c1ccc(O)c2[nH]c(=O)ccc12. The zero-order chi connectivity index (χ0) is 43.3. The average molecular weight is 846 g/mol. The van der Waals surface area contributed by atoms with Crippen LogP contribution in [0, 0.1) is 0 Å². The smallest absolute Gasteiger partial charge is 0.419 e. The third-order valence-electron chi connectivity index (χ3n) is 12.4. The van der Waals surface area contributed by atoms with Crippen LogP contribution in [0.2, 0.25) is 18.1 Å². The van der Waals surface area contributed by atoms with E-state index >= 15 is 0 Å². The number of nitrogens with zero attached hydrogens (tertiary/aromatic N) is 1. The van der Waals surface area contributed by atoms with Gasteiger partial charge in [0.05, 0.1) is 22.8 Å². The lowest BCUT2D eigenvalue weighted by Gasteiger charge is -2.39. The lowest BCUT2D eigenvalue weighted by Crippen LogP contribution is -2.43. The van der Waals surface area contributed by atoms with Gasteiger partial charge in [0.2, 0.25) is 5.56 Å². The number of aromatic nitrogens is 2. The molecule has 1 aliphatic carbocycles. The van der Waals surface area contributed by atoms with Crippen molar-refractivity contribution in [2.45, 2.75) is 115 Å². The predicted molar refractivity (Wildman–Crippen MR) is 245 cm³/mol. The molecule has 1 amide bonds. The summed E-state index contributed by atoms with van der Waals surface area (Å²) < 4.78 is 20.2. The summed E-state index contributed by atoms with van der Waals surface area (Å²) in [4.78, 5) is 41.0. The number of oxazole rings is 1. The second kappa shape index (κ2) is 18.6. The molecule has 0 radical (unpaired) electrons. The van der Waals surface area contributed by atoms with E-state index in [1.807, 2.05) is 66.7 Å². The van der Waals surface area contributed by atoms with Crippen molar-refractivity contribution in [3.63, 3.8) is 0 Å². The molecule has 4 aromatic carbocycles. The fraction of sp³-hybridized carbons (Fsp3) is 0.396. The first kappa shape index (κ1) is 43.6. The van der Waals surface area contributed by atoms with Gasteiger partial charge in [-0.3, -0.25) is 14.7 Å². The number of fused-ring (bicyclic) bond motifs is 2. The van der Waals surface area contributed by atoms with Crippen LogP contribution in [0.3, 0.4) is 0 Å². The molecule has 0 spiro atoms. The van der Waals surface area contributed by atoms with E-state index < -0.39 is 20.2 Å². The molecule has 2 aromatic heterocycles. The molecule has 61 heavy (non-hydrogen) atoms. The topological polar surface area (TPSA) is 174 Å². The molecule has 1 saturated carbocycles. The van der Waals surface area contributed by atoms with Gasteiger partial charge in [0.15, 0.2) is 13.9 Å². The summed E-state index contributed by atoms with van der Waals surface area (Å²) in [7, 11) is -2.25. The number of unbranched alkanes of at least 4 members (excludes halogenated alkanes) is 1. The largest absolute Gasteiger partial charge is 0.506 e. The number of aromatic hydroxyl groups is 1. The third kappa shape index (κ3) is 10.5. The van der Waals surface area contributed by atoms with Crippen molar-refractivity contribution in [1.29, 1.82) is 0 Å². The van der Waals surface area contributed by atoms with Gasteiger partial charge in [-0.1, -0.05) is 75.4 Å². The molecular formula is C48H59N5O7Si. The zero-order valence-electron chi connectivity index (χ0n) is 35.9. The Bertz CT molecular complexity index is 2590. The van der Waals surface area contributed by atoms with E-state index in [1.54, 1.807) is 16.7 Å². The standard InChI is InChI=1S/C48H59N5O7Si/c1-48(2,3)61(4,5)60-43(37-21-24-41(54)45-38(37)22-25-44(55)52-45)30-50-29-32-15-23-40-42(28-32)59-47(57)53(40)26-10-9-11-31-14-20-36(33-12-7-6-8-13-33)39(27-31)51-46(56)58-35-18-16-34(49)17-19-35/h6-8,12-15,20-25,27-28,34-35,43,50,54H,9-11,16-19,26,29-30,49H2,1-5H3,(H,51,56)(H,52,55)/t34?,35?,43-/m1/s1. The lowest BCUT2D eigenvalue weighted by atomic mass is 9.94. The highest BCUT2D eigenvalue weighted by Gasteiger charge is 2.40. The number of nitrogens with one attached hydrogen (secondary N) is 3. The summed E-state index contributed by atoms with van der Waals surface area (Å²) in [6.07, 6.45) is 4.64. The Morgan fingerprint density at radius 2 is 1.70 bits per heavy atom. The van der Waals surface area contributed by atoms with E-state index in [9.17, 15) is 19.5 Å². The summed E-state index contributed by atoms with van der Waals surface area (Å²) in [5.74, 6) is -0.383. The van der Waals surface area contributed by atoms with Crippen LogP contribution in [0.15, 0.2) is 105 Å². The molecule has 1 atom stereocenters. The number of H-pyrrole nitrogens is 1. The number of anilines is 1. The Labute approximate surface area is 357 Å². The van der Waals surface area contributed by atoms with Gasteiger partial charge in [0.1, 0.15) is 11.9 Å². The maximum Gasteiger partial charge on any atom is 0.419 e. The highest BCUT2D eigenvalue weighted by Crippen LogP contribution is 2.41. The number of pyridine rings is 1. The van der Waals surface area contributed by atoms with Crippen LogP contribution in [0.25, 0.3) is 33.1 Å². The first-order valence-electron chi connectivity index (χ1n) is 21.4. The second-order valence-corrected chi connectivity index (χ2v) is 22.6. The van der Waals surface area contributed by atoms with E-state index in [1.165, 1.54) is 6.07 Å². The van der Waals surface area contributed by atoms with Crippen LogP contribution < -0.4 is 27.7 Å². The van der Waals surface area contributed by atoms with E-state index in [2.05, 4.69) is 55.5 Å². The molecule has 322 valence electrons. The Morgan fingerprint density at radius 1 is 0.951 bits per heavy atom. The number of aryl methyl sites for hydroxylation is 2. The minimum absolute atomic E-state index is 0.00859. The van der Waals surface area contributed by atoms with Crippen LogP contribution in [0.4, 0.5) is 10.5 Å². The van der Waals surface area contributed by atoms with Gasteiger partial charge >= 0.3 is 11.8 Å². The van der Waals surface area contributed by atoms with E-state index in [0.717, 1.165) is 83.7 Å². The van der Waals surface area contributed by atoms with Crippen LogP contribution in [-0.2, 0) is 28.7 Å². The number of ether oxygens (including phenoxy) is 1. The molecule has 0 aliphatic heterocycles. The molecular weight excluding hydrogens is 787 g/mol. The second-order valence-electron chi connectivity index (χ2n) is 17.9. The number of amides is 1.